The number of hydrogen-bond acceptors (Lipinski definition) is 3. The molecule has 1 aromatic carbocycles. The van der Waals surface area contributed by atoms with Gasteiger partial charge >= 0.3 is 0 Å². The summed E-state index contributed by atoms with van der Waals surface area (Å²) in [7, 11) is -3.97. The molecule has 4 nitrogen and oxygen atoms in total. The molecule has 0 spiro atoms. The van der Waals surface area contributed by atoms with Gasteiger partial charge in [0.05, 0.1) is 17.5 Å². The highest BCUT2D eigenvalue weighted by Gasteiger charge is 2.23. The molecule has 0 saturated heterocycles. The van der Waals surface area contributed by atoms with Crippen LogP contribution in [-0.4, -0.2) is 18.2 Å². The monoisotopic (exact) mass is 340 g/mol. The number of sulfone groups is 1. The smallest absolute Gasteiger partial charge is 0.187 e. The predicted octanol–water partition coefficient (Wildman–Crippen LogP) is 3.64. The molecule has 0 atom stereocenters. The molecule has 0 unspecified atom stereocenters. The van der Waals surface area contributed by atoms with E-state index >= 15 is 0 Å². The third-order valence-electron chi connectivity index (χ3n) is 4.18. The van der Waals surface area contributed by atoms with Crippen LogP contribution in [0.15, 0.2) is 35.4 Å². The molecule has 23 heavy (non-hydrogen) atoms. The quantitative estimate of drug-likeness (QED) is 0.854. The second kappa shape index (κ2) is 6.39. The lowest BCUT2D eigenvalue weighted by atomic mass is 9.96. The Hall–Kier alpha value is -1.76. The minimum atomic E-state index is -3.97. The third kappa shape index (κ3) is 3.60. The van der Waals surface area contributed by atoms with Crippen LogP contribution in [0.4, 0.5) is 8.78 Å². The molecule has 1 aliphatic carbocycles. The average molecular weight is 340 g/mol. The van der Waals surface area contributed by atoms with E-state index in [1.165, 1.54) is 6.42 Å². The van der Waals surface area contributed by atoms with E-state index in [2.05, 4.69) is 5.10 Å². The molecule has 0 bridgehead atoms. The summed E-state index contributed by atoms with van der Waals surface area (Å²) in [5.74, 6) is -2.16. The maximum Gasteiger partial charge on any atom is 0.187 e. The summed E-state index contributed by atoms with van der Waals surface area (Å²) in [4.78, 5) is -0.621. The summed E-state index contributed by atoms with van der Waals surface area (Å²) < 4.78 is 53.3. The summed E-state index contributed by atoms with van der Waals surface area (Å²) in [5.41, 5.74) is 0.347. The van der Waals surface area contributed by atoms with Gasteiger partial charge in [-0.1, -0.05) is 19.3 Å². The highest BCUT2D eigenvalue weighted by molar-refractivity contribution is 7.90. The molecule has 0 N–H and O–H groups in total. The molecule has 0 aliphatic heterocycles. The standard InChI is InChI=1S/C16H18F2N2O2S/c17-12-6-7-15(18)16(10-12)23(21,22)11-13-8-9-20(19-13)14-4-2-1-3-5-14/h6-10,14H,1-5,11H2. The van der Waals surface area contributed by atoms with Crippen molar-refractivity contribution in [3.8, 4) is 0 Å². The zero-order valence-corrected chi connectivity index (χ0v) is 13.4. The molecule has 1 aliphatic rings. The summed E-state index contributed by atoms with van der Waals surface area (Å²) in [6, 6.07) is 4.35. The Morgan fingerprint density at radius 1 is 1.13 bits per heavy atom. The summed E-state index contributed by atoms with van der Waals surface area (Å²) in [6.07, 6.45) is 7.35. The van der Waals surface area contributed by atoms with Crippen LogP contribution < -0.4 is 0 Å². The minimum Gasteiger partial charge on any atom is -0.269 e. The minimum absolute atomic E-state index is 0.297. The van der Waals surface area contributed by atoms with Gasteiger partial charge in [0.2, 0.25) is 0 Å². The molecule has 1 saturated carbocycles. The number of nitrogens with zero attached hydrogens (tertiary/aromatic N) is 2. The molecule has 0 radical (unpaired) electrons. The first-order valence-corrected chi connectivity index (χ1v) is 9.33. The fraction of sp³-hybridized carbons (Fsp3) is 0.438. The SMILES string of the molecule is O=S(=O)(Cc1ccn(C2CCCCC2)n1)c1cc(F)ccc1F. The van der Waals surface area contributed by atoms with E-state index in [-0.39, 0.29) is 0 Å². The van der Waals surface area contributed by atoms with Crippen molar-refractivity contribution in [3.05, 3.63) is 47.8 Å². The lowest BCUT2D eigenvalue weighted by molar-refractivity contribution is 0.328. The van der Waals surface area contributed by atoms with Crippen LogP contribution in [0.3, 0.4) is 0 Å². The van der Waals surface area contributed by atoms with E-state index < -0.39 is 32.1 Å². The molecule has 1 fully saturated rings. The van der Waals surface area contributed by atoms with Gasteiger partial charge in [-0.25, -0.2) is 17.2 Å². The van der Waals surface area contributed by atoms with Crippen molar-refractivity contribution in [3.63, 3.8) is 0 Å². The summed E-state index contributed by atoms with van der Waals surface area (Å²) >= 11 is 0. The molecule has 124 valence electrons. The van der Waals surface area contributed by atoms with Gasteiger partial charge in [0.25, 0.3) is 0 Å². The van der Waals surface area contributed by atoms with Gasteiger partial charge in [0.15, 0.2) is 9.84 Å². The molecule has 0 amide bonds. The van der Waals surface area contributed by atoms with Crippen LogP contribution in [-0.2, 0) is 15.6 Å². The predicted molar refractivity (Wildman–Crippen MR) is 81.6 cm³/mol. The highest BCUT2D eigenvalue weighted by atomic mass is 32.2. The maximum absolute atomic E-state index is 13.7. The zero-order valence-electron chi connectivity index (χ0n) is 12.6. The molecular weight excluding hydrogens is 322 g/mol. The Balaban J connectivity index is 1.81. The van der Waals surface area contributed by atoms with Gasteiger partial charge in [-0.3, -0.25) is 4.68 Å². The Labute approximate surface area is 134 Å². The van der Waals surface area contributed by atoms with Crippen molar-refractivity contribution in [2.75, 3.05) is 0 Å². The van der Waals surface area contributed by atoms with E-state index in [1.54, 1.807) is 16.9 Å². The molecule has 1 heterocycles. The van der Waals surface area contributed by atoms with Crippen molar-refractivity contribution in [1.82, 2.24) is 9.78 Å². The Bertz CT molecular complexity index is 796. The van der Waals surface area contributed by atoms with E-state index in [0.717, 1.165) is 37.8 Å². The lowest BCUT2D eigenvalue weighted by Gasteiger charge is -2.21. The number of hydrogen-bond donors (Lipinski definition) is 0. The van der Waals surface area contributed by atoms with Gasteiger partial charge < -0.3 is 0 Å². The normalized spacial score (nSPS) is 16.6. The van der Waals surface area contributed by atoms with Crippen LogP contribution in [0.5, 0.6) is 0 Å². The topological polar surface area (TPSA) is 52.0 Å². The van der Waals surface area contributed by atoms with Gasteiger partial charge in [0.1, 0.15) is 16.5 Å². The summed E-state index contributed by atoms with van der Waals surface area (Å²) in [6.45, 7) is 0. The van der Waals surface area contributed by atoms with Crippen molar-refractivity contribution in [2.45, 2.75) is 48.8 Å². The van der Waals surface area contributed by atoms with E-state index in [0.29, 0.717) is 17.8 Å². The van der Waals surface area contributed by atoms with Crippen LogP contribution in [0.2, 0.25) is 0 Å². The Morgan fingerprint density at radius 2 is 1.87 bits per heavy atom. The average Bonchev–Trinajstić information content (AvgIpc) is 2.98. The van der Waals surface area contributed by atoms with Gasteiger partial charge in [0, 0.05) is 6.20 Å². The van der Waals surface area contributed by atoms with Crippen LogP contribution in [0.25, 0.3) is 0 Å². The Morgan fingerprint density at radius 3 is 2.61 bits per heavy atom. The molecule has 3 rings (SSSR count). The highest BCUT2D eigenvalue weighted by Crippen LogP contribution is 2.28. The van der Waals surface area contributed by atoms with E-state index in [9.17, 15) is 17.2 Å². The summed E-state index contributed by atoms with van der Waals surface area (Å²) in [5, 5.41) is 4.32. The van der Waals surface area contributed by atoms with Gasteiger partial charge in [-0.2, -0.15) is 5.10 Å². The first-order valence-electron chi connectivity index (χ1n) is 7.67. The van der Waals surface area contributed by atoms with Crippen LogP contribution >= 0.6 is 0 Å². The second-order valence-electron chi connectivity index (χ2n) is 5.91. The second-order valence-corrected chi connectivity index (χ2v) is 7.87. The van der Waals surface area contributed by atoms with Gasteiger partial charge in [-0.05, 0) is 37.1 Å². The largest absolute Gasteiger partial charge is 0.269 e. The molecule has 7 heteroatoms. The fourth-order valence-corrected chi connectivity index (χ4v) is 4.35. The Kier molecular flexibility index (Phi) is 4.48. The first-order chi connectivity index (χ1) is 11.0. The number of halogens is 2. The van der Waals surface area contributed by atoms with E-state index in [4.69, 9.17) is 0 Å². The lowest BCUT2D eigenvalue weighted by Crippen LogP contribution is -2.14. The number of rotatable bonds is 4. The van der Waals surface area contributed by atoms with Gasteiger partial charge in [-0.15, -0.1) is 0 Å². The third-order valence-corrected chi connectivity index (χ3v) is 5.84. The van der Waals surface area contributed by atoms with Crippen molar-refractivity contribution >= 4 is 9.84 Å². The van der Waals surface area contributed by atoms with Crippen molar-refractivity contribution < 1.29 is 17.2 Å². The fourth-order valence-electron chi connectivity index (χ4n) is 2.99. The molecular formula is C16H18F2N2O2S. The first kappa shape index (κ1) is 16.1. The molecule has 2 aromatic rings. The zero-order chi connectivity index (χ0) is 16.4. The van der Waals surface area contributed by atoms with Crippen LogP contribution in [0, 0.1) is 11.6 Å². The maximum atomic E-state index is 13.7. The van der Waals surface area contributed by atoms with E-state index in [1.807, 2.05) is 0 Å². The van der Waals surface area contributed by atoms with Crippen LogP contribution in [0.1, 0.15) is 43.8 Å². The molecule has 1 aromatic heterocycles. The van der Waals surface area contributed by atoms with Crippen molar-refractivity contribution in [2.24, 2.45) is 0 Å². The number of benzene rings is 1. The number of aromatic nitrogens is 2. The van der Waals surface area contributed by atoms with Crippen molar-refractivity contribution in [1.29, 1.82) is 0 Å².